The summed E-state index contributed by atoms with van der Waals surface area (Å²) in [7, 11) is 1.80. The number of benzene rings is 2. The van der Waals surface area contributed by atoms with Gasteiger partial charge < -0.3 is 22.8 Å². The number of carboxylic acid groups (broad SMARTS) is 1. The van der Waals surface area contributed by atoms with E-state index in [1.165, 1.54) is 23.5 Å². The SMILES string of the molecule is C[n+]1nc(Nc2cccc(F)c2)sc1-c1ccc(C(=O)O)cc1.[Cl-]. The van der Waals surface area contributed by atoms with E-state index in [1.54, 1.807) is 48.1 Å². The highest BCUT2D eigenvalue weighted by atomic mass is 35.5. The van der Waals surface area contributed by atoms with Crippen LogP contribution >= 0.6 is 11.3 Å². The number of carboxylic acids is 1. The molecule has 124 valence electrons. The number of carbonyl (C=O) groups is 1. The number of aryl methyl sites for hydroxylation is 1. The standard InChI is InChI=1S/C16H12FN3O2S.ClH/c1-20-14(10-5-7-11(8-6-10)15(21)22)23-16(19-20)18-13-4-2-3-12(17)9-13;/h2-9H,1H3,(H-,18,19,21,22);1H. The Kier molecular flexibility index (Phi) is 5.48. The second-order valence-electron chi connectivity index (χ2n) is 4.85. The zero-order valence-electron chi connectivity index (χ0n) is 12.5. The number of aromatic carboxylic acids is 1. The monoisotopic (exact) mass is 365 g/mol. The first kappa shape index (κ1) is 17.8. The Bertz CT molecular complexity index is 868. The zero-order valence-corrected chi connectivity index (χ0v) is 14.1. The lowest BCUT2D eigenvalue weighted by Gasteiger charge is -1.99. The van der Waals surface area contributed by atoms with Gasteiger partial charge in [-0.15, -0.1) is 0 Å². The Morgan fingerprint density at radius 2 is 1.96 bits per heavy atom. The first-order chi connectivity index (χ1) is 11.0. The Balaban J connectivity index is 0.00000208. The lowest BCUT2D eigenvalue weighted by molar-refractivity contribution is -0.714. The van der Waals surface area contributed by atoms with E-state index in [9.17, 15) is 9.18 Å². The summed E-state index contributed by atoms with van der Waals surface area (Å²) in [4.78, 5) is 10.9. The lowest BCUT2D eigenvalue weighted by atomic mass is 10.1. The maximum Gasteiger partial charge on any atom is 0.335 e. The molecule has 1 aromatic heterocycles. The molecule has 0 amide bonds. The normalized spacial score (nSPS) is 10.1. The van der Waals surface area contributed by atoms with Gasteiger partial charge >= 0.3 is 5.97 Å². The van der Waals surface area contributed by atoms with E-state index < -0.39 is 5.97 Å². The van der Waals surface area contributed by atoms with Crippen LogP contribution in [-0.2, 0) is 7.05 Å². The number of hydrogen-bond donors (Lipinski definition) is 2. The van der Waals surface area contributed by atoms with Crippen LogP contribution in [0.5, 0.6) is 0 Å². The molecular formula is C16H13ClFN3O2S. The lowest BCUT2D eigenvalue weighted by Crippen LogP contribution is -3.00. The predicted octanol–water partition coefficient (Wildman–Crippen LogP) is 0.219. The molecule has 2 N–H and O–H groups in total. The van der Waals surface area contributed by atoms with Crippen LogP contribution in [0.1, 0.15) is 10.4 Å². The largest absolute Gasteiger partial charge is 1.00 e. The van der Waals surface area contributed by atoms with Crippen LogP contribution in [0.3, 0.4) is 0 Å². The van der Waals surface area contributed by atoms with Gasteiger partial charge in [0.15, 0.2) is 7.05 Å². The number of hydrogen-bond acceptors (Lipinski definition) is 4. The molecular weight excluding hydrogens is 353 g/mol. The van der Waals surface area contributed by atoms with E-state index in [4.69, 9.17) is 5.11 Å². The maximum atomic E-state index is 13.2. The van der Waals surface area contributed by atoms with Crippen LogP contribution in [0.4, 0.5) is 15.2 Å². The molecule has 3 rings (SSSR count). The summed E-state index contributed by atoms with van der Waals surface area (Å²) in [6, 6.07) is 12.7. The van der Waals surface area contributed by atoms with E-state index in [1.807, 2.05) is 0 Å². The third kappa shape index (κ3) is 3.87. The molecule has 0 saturated heterocycles. The summed E-state index contributed by atoms with van der Waals surface area (Å²) >= 11 is 1.40. The molecule has 0 atom stereocenters. The molecule has 0 saturated carbocycles. The highest BCUT2D eigenvalue weighted by Gasteiger charge is 2.19. The smallest absolute Gasteiger partial charge is 0.335 e. The van der Waals surface area contributed by atoms with Gasteiger partial charge in [-0.25, -0.2) is 9.18 Å². The fourth-order valence-electron chi connectivity index (χ4n) is 2.10. The van der Waals surface area contributed by atoms with Gasteiger partial charge in [0.1, 0.15) is 5.82 Å². The minimum atomic E-state index is -0.960. The quantitative estimate of drug-likeness (QED) is 0.649. The molecule has 0 bridgehead atoms. The summed E-state index contributed by atoms with van der Waals surface area (Å²) in [5.41, 5.74) is 1.72. The van der Waals surface area contributed by atoms with Crippen molar-refractivity contribution in [1.29, 1.82) is 0 Å². The molecule has 24 heavy (non-hydrogen) atoms. The molecule has 0 aliphatic carbocycles. The molecule has 0 aliphatic rings. The van der Waals surface area contributed by atoms with E-state index in [2.05, 4.69) is 10.4 Å². The van der Waals surface area contributed by atoms with Gasteiger partial charge in [-0.3, -0.25) is 0 Å². The number of nitrogens with zero attached hydrogens (tertiary/aromatic N) is 2. The second kappa shape index (κ2) is 7.37. The van der Waals surface area contributed by atoms with Gasteiger partial charge in [-0.1, -0.05) is 10.7 Å². The molecule has 8 heteroatoms. The summed E-state index contributed by atoms with van der Waals surface area (Å²) in [5.74, 6) is -1.28. The summed E-state index contributed by atoms with van der Waals surface area (Å²) < 4.78 is 14.9. The minimum absolute atomic E-state index is 0. The van der Waals surface area contributed by atoms with Crippen LogP contribution in [-0.4, -0.2) is 16.2 Å². The minimum Gasteiger partial charge on any atom is -1.00 e. The number of aromatic nitrogens is 2. The van der Waals surface area contributed by atoms with E-state index in [0.29, 0.717) is 10.8 Å². The Morgan fingerprint density at radius 3 is 2.58 bits per heavy atom. The predicted molar refractivity (Wildman–Crippen MR) is 85.4 cm³/mol. The van der Waals surface area contributed by atoms with E-state index in [0.717, 1.165) is 10.6 Å². The van der Waals surface area contributed by atoms with Crippen LogP contribution < -0.4 is 22.4 Å². The molecule has 3 aromatic rings. The van der Waals surface area contributed by atoms with E-state index in [-0.39, 0.29) is 23.8 Å². The molecule has 2 aromatic carbocycles. The molecule has 5 nitrogen and oxygen atoms in total. The average molecular weight is 366 g/mol. The summed E-state index contributed by atoms with van der Waals surface area (Å²) in [5, 5.41) is 17.8. The number of anilines is 2. The van der Waals surface area contributed by atoms with Crippen molar-refractivity contribution in [2.45, 2.75) is 0 Å². The molecule has 1 heterocycles. The molecule has 0 spiro atoms. The van der Waals surface area contributed by atoms with Crippen molar-refractivity contribution in [1.82, 2.24) is 5.10 Å². The first-order valence-electron chi connectivity index (χ1n) is 6.76. The highest BCUT2D eigenvalue weighted by Crippen LogP contribution is 2.27. The van der Waals surface area contributed by atoms with Crippen LogP contribution in [0.25, 0.3) is 10.6 Å². The Morgan fingerprint density at radius 1 is 1.25 bits per heavy atom. The van der Waals surface area contributed by atoms with Crippen LogP contribution in [0.2, 0.25) is 0 Å². The third-order valence-electron chi connectivity index (χ3n) is 3.18. The second-order valence-corrected chi connectivity index (χ2v) is 5.83. The number of nitrogens with one attached hydrogen (secondary N) is 1. The average Bonchev–Trinajstić information content (AvgIpc) is 2.88. The van der Waals surface area contributed by atoms with Crippen molar-refractivity contribution in [3.63, 3.8) is 0 Å². The number of halogens is 2. The van der Waals surface area contributed by atoms with E-state index >= 15 is 0 Å². The van der Waals surface area contributed by atoms with Gasteiger partial charge in [0, 0.05) is 10.8 Å². The molecule has 0 radical (unpaired) electrons. The van der Waals surface area contributed by atoms with Crippen molar-refractivity contribution >= 4 is 28.1 Å². The zero-order chi connectivity index (χ0) is 16.4. The van der Waals surface area contributed by atoms with Gasteiger partial charge in [0.25, 0.3) is 10.1 Å². The van der Waals surface area contributed by atoms with Crippen molar-refractivity contribution in [3.05, 3.63) is 59.9 Å². The molecule has 0 unspecified atom stereocenters. The number of rotatable bonds is 4. The van der Waals surface area contributed by atoms with Gasteiger partial charge in [0.2, 0.25) is 0 Å². The van der Waals surface area contributed by atoms with Crippen molar-refractivity contribution in [2.75, 3.05) is 5.32 Å². The Hall–Kier alpha value is -2.51. The first-order valence-corrected chi connectivity index (χ1v) is 7.58. The summed E-state index contributed by atoms with van der Waals surface area (Å²) in [6.07, 6.45) is 0. The maximum absolute atomic E-state index is 13.2. The molecule has 0 fully saturated rings. The summed E-state index contributed by atoms with van der Waals surface area (Å²) in [6.45, 7) is 0. The topological polar surface area (TPSA) is 66.1 Å². The fraction of sp³-hybridized carbons (Fsp3) is 0.0625. The fourth-order valence-corrected chi connectivity index (χ4v) is 3.04. The van der Waals surface area contributed by atoms with Crippen LogP contribution in [0, 0.1) is 5.82 Å². The van der Waals surface area contributed by atoms with Crippen molar-refractivity contribution in [2.24, 2.45) is 7.05 Å². The third-order valence-corrected chi connectivity index (χ3v) is 4.25. The molecule has 0 aliphatic heterocycles. The van der Waals surface area contributed by atoms with Gasteiger partial charge in [-0.2, -0.15) is 0 Å². The van der Waals surface area contributed by atoms with Gasteiger partial charge in [0.05, 0.1) is 11.1 Å². The Labute approximate surface area is 147 Å². The van der Waals surface area contributed by atoms with Crippen molar-refractivity contribution < 1.29 is 31.4 Å². The van der Waals surface area contributed by atoms with Gasteiger partial charge in [-0.05, 0) is 53.8 Å². The van der Waals surface area contributed by atoms with Crippen molar-refractivity contribution in [3.8, 4) is 10.6 Å². The van der Waals surface area contributed by atoms with Crippen LogP contribution in [0.15, 0.2) is 48.5 Å². The highest BCUT2D eigenvalue weighted by molar-refractivity contribution is 7.18.